The fourth-order valence-corrected chi connectivity index (χ4v) is 4.89. The summed E-state index contributed by atoms with van der Waals surface area (Å²) >= 11 is 0. The van der Waals surface area contributed by atoms with Crippen LogP contribution in [0.15, 0.2) is 79.0 Å². The number of aromatic nitrogens is 4. The molecule has 7 nitrogen and oxygen atoms in total. The average molecular weight is 476 g/mol. The largest absolute Gasteiger partial charge is 0.277 e. The fourth-order valence-electron chi connectivity index (χ4n) is 4.89. The van der Waals surface area contributed by atoms with E-state index >= 15 is 0 Å². The van der Waals surface area contributed by atoms with E-state index in [0.717, 1.165) is 44.8 Å². The molecular weight excluding hydrogens is 450 g/mol. The zero-order valence-electron chi connectivity index (χ0n) is 20.6. The first kappa shape index (κ1) is 22.0. The third-order valence-electron chi connectivity index (χ3n) is 6.78. The fraction of sp³-hybridized carbons (Fsp3) is 0.172. The highest BCUT2D eigenvalue weighted by Crippen LogP contribution is 2.36. The molecule has 3 aromatic carbocycles. The molecule has 0 radical (unpaired) electrons. The molecule has 0 aliphatic heterocycles. The van der Waals surface area contributed by atoms with Gasteiger partial charge in [0.25, 0.3) is 5.69 Å². The molecule has 0 bridgehead atoms. The minimum absolute atomic E-state index is 0.0347. The Hall–Kier alpha value is -4.52. The van der Waals surface area contributed by atoms with Crippen LogP contribution in [0.3, 0.4) is 0 Å². The Balaban J connectivity index is 1.72. The molecule has 36 heavy (non-hydrogen) atoms. The van der Waals surface area contributed by atoms with Crippen molar-refractivity contribution >= 4 is 33.5 Å². The van der Waals surface area contributed by atoms with Crippen LogP contribution in [0.5, 0.6) is 0 Å². The van der Waals surface area contributed by atoms with E-state index < -0.39 is 0 Å². The molecule has 0 aliphatic carbocycles. The number of hydrogen-bond acceptors (Lipinski definition) is 4. The van der Waals surface area contributed by atoms with E-state index in [9.17, 15) is 10.1 Å². The number of nitro benzene ring substituents is 1. The van der Waals surface area contributed by atoms with E-state index in [-0.39, 0.29) is 16.0 Å². The second-order valence-electron chi connectivity index (χ2n) is 10.2. The highest BCUT2D eigenvalue weighted by Gasteiger charge is 2.22. The Bertz CT molecular complexity index is 1820. The first-order valence-corrected chi connectivity index (χ1v) is 11.9. The number of nitro groups is 1. The minimum Gasteiger partial charge on any atom is -0.276 e. The molecule has 0 saturated heterocycles. The molecule has 0 fully saturated rings. The van der Waals surface area contributed by atoms with E-state index in [2.05, 4.69) is 54.9 Å². The first-order valence-electron chi connectivity index (χ1n) is 11.9. The van der Waals surface area contributed by atoms with Crippen LogP contribution >= 0.6 is 0 Å². The van der Waals surface area contributed by atoms with Gasteiger partial charge in [-0.3, -0.25) is 19.1 Å². The number of imidazole rings is 2. The molecule has 0 saturated carbocycles. The van der Waals surface area contributed by atoms with E-state index in [4.69, 9.17) is 9.97 Å². The zero-order valence-corrected chi connectivity index (χ0v) is 20.6. The third-order valence-corrected chi connectivity index (χ3v) is 6.78. The molecule has 0 unspecified atom stereocenters. The Labute approximate surface area is 207 Å². The minimum atomic E-state index is -0.335. The van der Waals surface area contributed by atoms with Gasteiger partial charge in [-0.05, 0) is 65.4 Å². The standard InChI is InChI=1S/C29H25N5O2/c1-18-8-7-11-24-27(18)31-28-32(24)25-16-19(21-9-5-6-10-22(21)34(35)36)12-13-23(25)33(28)26-17-20(14-15-30-26)29(2,3)4/h5-17H,1-4H3. The van der Waals surface area contributed by atoms with E-state index in [0.29, 0.717) is 5.56 Å². The maximum absolute atomic E-state index is 11.7. The van der Waals surface area contributed by atoms with E-state index in [1.54, 1.807) is 12.1 Å². The average Bonchev–Trinajstić information content (AvgIpc) is 3.39. The zero-order chi connectivity index (χ0) is 25.2. The van der Waals surface area contributed by atoms with Gasteiger partial charge in [0.1, 0.15) is 5.82 Å². The summed E-state index contributed by atoms with van der Waals surface area (Å²) in [5, 5.41) is 11.7. The van der Waals surface area contributed by atoms with Crippen LogP contribution in [0, 0.1) is 17.0 Å². The Morgan fingerprint density at radius 1 is 0.889 bits per heavy atom. The van der Waals surface area contributed by atoms with Gasteiger partial charge in [-0.25, -0.2) is 9.97 Å². The molecule has 0 aliphatic rings. The van der Waals surface area contributed by atoms with Crippen molar-refractivity contribution in [3.05, 3.63) is 100 Å². The number of nitrogens with zero attached hydrogens (tertiary/aromatic N) is 5. The second-order valence-corrected chi connectivity index (χ2v) is 10.2. The molecule has 0 spiro atoms. The molecule has 6 aromatic rings. The number of pyridine rings is 1. The van der Waals surface area contributed by atoms with Crippen molar-refractivity contribution in [1.29, 1.82) is 0 Å². The molecule has 0 atom stereocenters. The van der Waals surface area contributed by atoms with Gasteiger partial charge in [0.05, 0.1) is 32.6 Å². The summed E-state index contributed by atoms with van der Waals surface area (Å²) in [6, 6.07) is 23.1. The van der Waals surface area contributed by atoms with E-state index in [1.165, 1.54) is 11.6 Å². The number of hydrogen-bond donors (Lipinski definition) is 0. The molecule has 3 aromatic heterocycles. The van der Waals surface area contributed by atoms with Gasteiger partial charge in [-0.1, -0.05) is 51.1 Å². The Morgan fingerprint density at radius 3 is 2.47 bits per heavy atom. The third kappa shape index (κ3) is 3.27. The maximum Gasteiger partial charge on any atom is 0.277 e. The predicted molar refractivity (Wildman–Crippen MR) is 143 cm³/mol. The van der Waals surface area contributed by atoms with Crippen LogP contribution in [0.4, 0.5) is 5.69 Å². The van der Waals surface area contributed by atoms with E-state index in [1.807, 2.05) is 42.6 Å². The van der Waals surface area contributed by atoms with Crippen molar-refractivity contribution in [2.45, 2.75) is 33.1 Å². The molecule has 0 N–H and O–H groups in total. The number of fused-ring (bicyclic) bond motifs is 5. The maximum atomic E-state index is 11.7. The van der Waals surface area contributed by atoms with Gasteiger partial charge < -0.3 is 0 Å². The number of rotatable bonds is 3. The van der Waals surface area contributed by atoms with Crippen LogP contribution < -0.4 is 0 Å². The van der Waals surface area contributed by atoms with Gasteiger partial charge in [0, 0.05) is 12.3 Å². The van der Waals surface area contributed by atoms with Gasteiger partial charge in [0.15, 0.2) is 0 Å². The lowest BCUT2D eigenvalue weighted by Crippen LogP contribution is -2.12. The molecule has 7 heteroatoms. The molecular formula is C29H25N5O2. The number of aryl methyl sites for hydroxylation is 1. The summed E-state index contributed by atoms with van der Waals surface area (Å²) < 4.78 is 4.20. The van der Waals surface area contributed by atoms with Crippen LogP contribution in [0.25, 0.3) is 44.8 Å². The highest BCUT2D eigenvalue weighted by atomic mass is 16.6. The summed E-state index contributed by atoms with van der Waals surface area (Å²) in [5.74, 6) is 1.54. The lowest BCUT2D eigenvalue weighted by Gasteiger charge is -2.19. The van der Waals surface area contributed by atoms with Gasteiger partial charge >= 0.3 is 0 Å². The van der Waals surface area contributed by atoms with Crippen molar-refractivity contribution in [3.63, 3.8) is 0 Å². The van der Waals surface area contributed by atoms with Crippen LogP contribution in [0.2, 0.25) is 0 Å². The molecule has 3 heterocycles. The van der Waals surface area contributed by atoms with Gasteiger partial charge in [0.2, 0.25) is 5.78 Å². The summed E-state index contributed by atoms with van der Waals surface area (Å²) in [6.07, 6.45) is 1.84. The lowest BCUT2D eigenvalue weighted by atomic mass is 9.88. The van der Waals surface area contributed by atoms with Gasteiger partial charge in [-0.15, -0.1) is 0 Å². The number of benzene rings is 3. The first-order chi connectivity index (χ1) is 17.2. The van der Waals surface area contributed by atoms with Crippen molar-refractivity contribution in [2.75, 3.05) is 0 Å². The Morgan fingerprint density at radius 2 is 1.69 bits per heavy atom. The molecule has 0 amide bonds. The van der Waals surface area contributed by atoms with Crippen LogP contribution in [0.1, 0.15) is 31.9 Å². The summed E-state index contributed by atoms with van der Waals surface area (Å²) in [4.78, 5) is 21.2. The number of para-hydroxylation sites is 2. The SMILES string of the molecule is Cc1cccc2c1nc1n(-c3cc(C(C)(C)C)ccn3)c3ccc(-c4ccccc4[N+](=O)[O-])cc3n21. The summed E-state index contributed by atoms with van der Waals surface area (Å²) in [7, 11) is 0. The monoisotopic (exact) mass is 475 g/mol. The summed E-state index contributed by atoms with van der Waals surface area (Å²) in [6.45, 7) is 8.60. The molecule has 178 valence electrons. The van der Waals surface area contributed by atoms with Crippen LogP contribution in [-0.4, -0.2) is 23.9 Å². The quantitative estimate of drug-likeness (QED) is 0.204. The van der Waals surface area contributed by atoms with Crippen molar-refractivity contribution in [1.82, 2.24) is 18.9 Å². The second kappa shape index (κ2) is 7.75. The highest BCUT2D eigenvalue weighted by molar-refractivity contribution is 5.95. The van der Waals surface area contributed by atoms with Crippen molar-refractivity contribution in [2.24, 2.45) is 0 Å². The van der Waals surface area contributed by atoms with Crippen molar-refractivity contribution < 1.29 is 4.92 Å². The molecule has 6 rings (SSSR count). The van der Waals surface area contributed by atoms with Crippen LogP contribution in [-0.2, 0) is 5.41 Å². The smallest absolute Gasteiger partial charge is 0.276 e. The van der Waals surface area contributed by atoms with Crippen molar-refractivity contribution in [3.8, 4) is 16.9 Å². The lowest BCUT2D eigenvalue weighted by molar-refractivity contribution is -0.384. The predicted octanol–water partition coefficient (Wildman–Crippen LogP) is 7.01. The Kier molecular flexibility index (Phi) is 4.73. The summed E-state index contributed by atoms with van der Waals surface area (Å²) in [5.41, 5.74) is 7.42. The van der Waals surface area contributed by atoms with Gasteiger partial charge in [-0.2, -0.15) is 0 Å². The topological polar surface area (TPSA) is 78.3 Å². The normalized spacial score (nSPS) is 12.1.